The molecule has 1 amide bonds. The molecule has 94 valence electrons. The number of piperidine rings is 1. The second-order valence-corrected chi connectivity index (χ2v) is 4.51. The first kappa shape index (κ1) is 12.1. The molecule has 1 atom stereocenters. The molecule has 1 aliphatic rings. The summed E-state index contributed by atoms with van der Waals surface area (Å²) >= 11 is 0. The van der Waals surface area contributed by atoms with E-state index >= 15 is 0 Å². The molecule has 0 radical (unpaired) electrons. The molecule has 5 heteroatoms. The standard InChI is InChI=1S/C12H20N4O/c1-3-9-7-11(16(2)15-9)12(17)14-10-5-4-6-13-8-10/h7,10,13H,3-6,8H2,1-2H3,(H,14,17). The van der Waals surface area contributed by atoms with E-state index in [1.54, 1.807) is 4.68 Å². The Balaban J connectivity index is 2.00. The fourth-order valence-electron chi connectivity index (χ4n) is 2.15. The zero-order valence-corrected chi connectivity index (χ0v) is 10.5. The fourth-order valence-corrected chi connectivity index (χ4v) is 2.15. The predicted octanol–water partition coefficient (Wildman–Crippen LogP) is 0.464. The maximum absolute atomic E-state index is 12.1. The quantitative estimate of drug-likeness (QED) is 0.802. The normalized spacial score (nSPS) is 20.2. The number of nitrogens with one attached hydrogen (secondary N) is 2. The summed E-state index contributed by atoms with van der Waals surface area (Å²) in [5.74, 6) is -0.0200. The Kier molecular flexibility index (Phi) is 3.78. The van der Waals surface area contributed by atoms with E-state index in [-0.39, 0.29) is 11.9 Å². The van der Waals surface area contributed by atoms with E-state index in [1.165, 1.54) is 0 Å². The van der Waals surface area contributed by atoms with Gasteiger partial charge in [0.15, 0.2) is 0 Å². The molecule has 1 aromatic heterocycles. The monoisotopic (exact) mass is 236 g/mol. The molecule has 1 aromatic rings. The van der Waals surface area contributed by atoms with Crippen molar-refractivity contribution in [1.29, 1.82) is 0 Å². The van der Waals surface area contributed by atoms with E-state index in [1.807, 2.05) is 20.0 Å². The molecule has 1 saturated heterocycles. The molecular formula is C12H20N4O. The molecule has 2 heterocycles. The molecule has 1 fully saturated rings. The van der Waals surface area contributed by atoms with Gasteiger partial charge >= 0.3 is 0 Å². The van der Waals surface area contributed by atoms with Crippen LogP contribution in [0.3, 0.4) is 0 Å². The Morgan fingerprint density at radius 3 is 3.12 bits per heavy atom. The van der Waals surface area contributed by atoms with Crippen molar-refractivity contribution in [3.63, 3.8) is 0 Å². The highest BCUT2D eigenvalue weighted by Crippen LogP contribution is 2.06. The average molecular weight is 236 g/mol. The number of carbonyl (C=O) groups is 1. The van der Waals surface area contributed by atoms with Crippen molar-refractivity contribution in [3.8, 4) is 0 Å². The Morgan fingerprint density at radius 2 is 2.53 bits per heavy atom. The number of hydrogen-bond donors (Lipinski definition) is 2. The number of aryl methyl sites for hydroxylation is 2. The summed E-state index contributed by atoms with van der Waals surface area (Å²) in [6.45, 7) is 3.96. The lowest BCUT2D eigenvalue weighted by atomic mass is 10.1. The summed E-state index contributed by atoms with van der Waals surface area (Å²) in [5, 5.41) is 10.6. The SMILES string of the molecule is CCc1cc(C(=O)NC2CCCNC2)n(C)n1. The maximum Gasteiger partial charge on any atom is 0.269 e. The number of rotatable bonds is 3. The Labute approximate surface area is 102 Å². The van der Waals surface area contributed by atoms with Crippen molar-refractivity contribution in [2.24, 2.45) is 7.05 Å². The van der Waals surface area contributed by atoms with Crippen LogP contribution in [0.25, 0.3) is 0 Å². The van der Waals surface area contributed by atoms with Crippen molar-refractivity contribution >= 4 is 5.91 Å². The van der Waals surface area contributed by atoms with Crippen LogP contribution in [-0.4, -0.2) is 34.8 Å². The van der Waals surface area contributed by atoms with Gasteiger partial charge in [-0.05, 0) is 31.9 Å². The fraction of sp³-hybridized carbons (Fsp3) is 0.667. The first-order valence-corrected chi connectivity index (χ1v) is 6.25. The van der Waals surface area contributed by atoms with Crippen molar-refractivity contribution < 1.29 is 4.79 Å². The summed E-state index contributed by atoms with van der Waals surface area (Å²) < 4.78 is 1.66. The lowest BCUT2D eigenvalue weighted by Gasteiger charge is -2.23. The molecule has 0 bridgehead atoms. The van der Waals surface area contributed by atoms with Gasteiger partial charge in [-0.2, -0.15) is 5.10 Å². The lowest BCUT2D eigenvalue weighted by molar-refractivity contribution is 0.0921. The molecular weight excluding hydrogens is 216 g/mol. The highest BCUT2D eigenvalue weighted by atomic mass is 16.2. The van der Waals surface area contributed by atoms with Gasteiger partial charge in [-0.3, -0.25) is 9.48 Å². The maximum atomic E-state index is 12.1. The summed E-state index contributed by atoms with van der Waals surface area (Å²) in [4.78, 5) is 12.1. The van der Waals surface area contributed by atoms with Crippen LogP contribution in [0.4, 0.5) is 0 Å². The molecule has 2 rings (SSSR count). The molecule has 0 spiro atoms. The van der Waals surface area contributed by atoms with Crippen LogP contribution >= 0.6 is 0 Å². The molecule has 0 aliphatic carbocycles. The van der Waals surface area contributed by atoms with E-state index in [4.69, 9.17) is 0 Å². The van der Waals surface area contributed by atoms with Crippen LogP contribution in [0.15, 0.2) is 6.07 Å². The largest absolute Gasteiger partial charge is 0.347 e. The smallest absolute Gasteiger partial charge is 0.269 e. The predicted molar refractivity (Wildman–Crippen MR) is 65.9 cm³/mol. The van der Waals surface area contributed by atoms with Crippen molar-refractivity contribution in [2.45, 2.75) is 32.2 Å². The van der Waals surface area contributed by atoms with Crippen LogP contribution in [-0.2, 0) is 13.5 Å². The number of nitrogens with zero attached hydrogens (tertiary/aromatic N) is 2. The minimum atomic E-state index is -0.0200. The van der Waals surface area contributed by atoms with Gasteiger partial charge < -0.3 is 10.6 Å². The zero-order valence-electron chi connectivity index (χ0n) is 10.5. The number of aromatic nitrogens is 2. The van der Waals surface area contributed by atoms with Crippen molar-refractivity contribution in [3.05, 3.63) is 17.5 Å². The van der Waals surface area contributed by atoms with Gasteiger partial charge in [-0.1, -0.05) is 6.92 Å². The van der Waals surface area contributed by atoms with Gasteiger partial charge in [-0.25, -0.2) is 0 Å². The first-order valence-electron chi connectivity index (χ1n) is 6.25. The van der Waals surface area contributed by atoms with Gasteiger partial charge in [0.25, 0.3) is 5.91 Å². The topological polar surface area (TPSA) is 59.0 Å². The number of carbonyl (C=O) groups excluding carboxylic acids is 1. The van der Waals surface area contributed by atoms with E-state index < -0.39 is 0 Å². The van der Waals surface area contributed by atoms with Crippen LogP contribution in [0.1, 0.15) is 35.9 Å². The summed E-state index contributed by atoms with van der Waals surface area (Å²) in [5.41, 5.74) is 1.60. The lowest BCUT2D eigenvalue weighted by Crippen LogP contribution is -2.46. The van der Waals surface area contributed by atoms with E-state index in [0.29, 0.717) is 5.69 Å². The molecule has 0 aromatic carbocycles. The third kappa shape index (κ3) is 2.85. The molecule has 17 heavy (non-hydrogen) atoms. The molecule has 0 saturated carbocycles. The molecule has 5 nitrogen and oxygen atoms in total. The third-order valence-corrected chi connectivity index (χ3v) is 3.16. The Hall–Kier alpha value is -1.36. The zero-order chi connectivity index (χ0) is 12.3. The highest BCUT2D eigenvalue weighted by Gasteiger charge is 2.18. The minimum Gasteiger partial charge on any atom is -0.347 e. The van der Waals surface area contributed by atoms with Crippen LogP contribution in [0.5, 0.6) is 0 Å². The minimum absolute atomic E-state index is 0.0200. The van der Waals surface area contributed by atoms with Gasteiger partial charge in [0.2, 0.25) is 0 Å². The van der Waals surface area contributed by atoms with Gasteiger partial charge in [0, 0.05) is 19.6 Å². The summed E-state index contributed by atoms with van der Waals surface area (Å²) in [7, 11) is 1.81. The second kappa shape index (κ2) is 5.31. The van der Waals surface area contributed by atoms with E-state index in [2.05, 4.69) is 15.7 Å². The van der Waals surface area contributed by atoms with E-state index in [0.717, 1.165) is 38.0 Å². The molecule has 2 N–H and O–H groups in total. The summed E-state index contributed by atoms with van der Waals surface area (Å²) in [6.07, 6.45) is 3.03. The Morgan fingerprint density at radius 1 is 1.71 bits per heavy atom. The van der Waals surface area contributed by atoms with Gasteiger partial charge in [0.05, 0.1) is 5.69 Å². The van der Waals surface area contributed by atoms with Crippen molar-refractivity contribution in [1.82, 2.24) is 20.4 Å². The van der Waals surface area contributed by atoms with Crippen LogP contribution in [0.2, 0.25) is 0 Å². The summed E-state index contributed by atoms with van der Waals surface area (Å²) in [6, 6.07) is 2.11. The van der Waals surface area contributed by atoms with Gasteiger partial charge in [-0.15, -0.1) is 0 Å². The van der Waals surface area contributed by atoms with Gasteiger partial charge in [0.1, 0.15) is 5.69 Å². The molecule has 1 unspecified atom stereocenters. The van der Waals surface area contributed by atoms with E-state index in [9.17, 15) is 4.79 Å². The van der Waals surface area contributed by atoms with Crippen LogP contribution in [0, 0.1) is 0 Å². The number of amides is 1. The number of hydrogen-bond acceptors (Lipinski definition) is 3. The average Bonchev–Trinajstić information content (AvgIpc) is 2.72. The second-order valence-electron chi connectivity index (χ2n) is 4.51. The highest BCUT2D eigenvalue weighted by molar-refractivity contribution is 5.92. The first-order chi connectivity index (χ1) is 8.20. The Bertz CT molecular complexity index is 393. The molecule has 1 aliphatic heterocycles. The van der Waals surface area contributed by atoms with Crippen molar-refractivity contribution in [2.75, 3.05) is 13.1 Å². The van der Waals surface area contributed by atoms with Crippen LogP contribution < -0.4 is 10.6 Å². The third-order valence-electron chi connectivity index (χ3n) is 3.16.